The minimum atomic E-state index is -0.278. The van der Waals surface area contributed by atoms with E-state index in [1.165, 1.54) is 19.3 Å². The van der Waals surface area contributed by atoms with Crippen molar-refractivity contribution in [1.29, 1.82) is 5.26 Å². The molecule has 2 fully saturated rings. The fraction of sp³-hybridized carbons (Fsp3) is 0.909. The van der Waals surface area contributed by atoms with Crippen molar-refractivity contribution >= 4 is 0 Å². The minimum Gasteiger partial charge on any atom is -0.299 e. The first-order valence-corrected chi connectivity index (χ1v) is 5.98. The number of fused-ring (bicyclic) bond motifs is 2. The van der Waals surface area contributed by atoms with Crippen LogP contribution >= 0.6 is 0 Å². The normalized spacial score (nSPS) is 35.7. The maximum atomic E-state index is 9.35. The molecule has 3 unspecified atom stereocenters. The van der Waals surface area contributed by atoms with Gasteiger partial charge in [-0.1, -0.05) is 5.11 Å². The highest BCUT2D eigenvalue weighted by atomic mass is 15.1. The summed E-state index contributed by atoms with van der Waals surface area (Å²) >= 11 is 0. The van der Waals surface area contributed by atoms with Gasteiger partial charge in [0.1, 0.15) is 5.54 Å². The number of rotatable bonds is 5. The Morgan fingerprint density at radius 3 is 3.00 bits per heavy atom. The van der Waals surface area contributed by atoms with Crippen LogP contribution in [0.2, 0.25) is 0 Å². The van der Waals surface area contributed by atoms with E-state index < -0.39 is 0 Å². The van der Waals surface area contributed by atoms with Crippen molar-refractivity contribution in [3.63, 3.8) is 0 Å². The van der Waals surface area contributed by atoms with Crippen LogP contribution in [0.5, 0.6) is 0 Å². The highest BCUT2D eigenvalue weighted by molar-refractivity contribution is 5.18. The van der Waals surface area contributed by atoms with Gasteiger partial charge in [-0.25, -0.2) is 0 Å². The summed E-state index contributed by atoms with van der Waals surface area (Å²) in [6, 6.07) is 2.49. The monoisotopic (exact) mass is 219 g/mol. The predicted molar refractivity (Wildman–Crippen MR) is 60.4 cm³/mol. The van der Waals surface area contributed by atoms with Gasteiger partial charge in [-0.05, 0) is 56.0 Å². The molecule has 0 aromatic rings. The van der Waals surface area contributed by atoms with E-state index in [1.807, 2.05) is 0 Å². The third-order valence-electron chi connectivity index (χ3n) is 3.99. The van der Waals surface area contributed by atoms with E-state index in [-0.39, 0.29) is 5.54 Å². The fourth-order valence-electron chi connectivity index (χ4n) is 3.23. The van der Waals surface area contributed by atoms with Gasteiger partial charge in [0.2, 0.25) is 0 Å². The molecule has 0 aromatic carbocycles. The first kappa shape index (κ1) is 11.3. The SMILES string of the molecule is N#CC1(NCCCN=[N+]=[N-])CC2CCC1C2. The zero-order valence-corrected chi connectivity index (χ0v) is 9.39. The lowest BCUT2D eigenvalue weighted by atomic mass is 9.82. The molecule has 0 aliphatic heterocycles. The molecule has 0 radical (unpaired) electrons. The van der Waals surface area contributed by atoms with Gasteiger partial charge in [0.25, 0.3) is 0 Å². The lowest BCUT2D eigenvalue weighted by Crippen LogP contribution is -2.48. The molecule has 5 nitrogen and oxygen atoms in total. The van der Waals surface area contributed by atoms with Gasteiger partial charge in [-0.2, -0.15) is 5.26 Å². The summed E-state index contributed by atoms with van der Waals surface area (Å²) in [5.41, 5.74) is 7.87. The van der Waals surface area contributed by atoms with Crippen LogP contribution in [-0.4, -0.2) is 18.6 Å². The summed E-state index contributed by atoms with van der Waals surface area (Å²) in [6.07, 6.45) is 5.54. The Morgan fingerprint density at radius 1 is 1.56 bits per heavy atom. The smallest absolute Gasteiger partial charge is 0.109 e. The van der Waals surface area contributed by atoms with Gasteiger partial charge in [-0.15, -0.1) is 0 Å². The maximum absolute atomic E-state index is 9.35. The molecule has 5 heteroatoms. The van der Waals surface area contributed by atoms with Crippen molar-refractivity contribution in [2.24, 2.45) is 17.0 Å². The molecule has 86 valence electrons. The van der Waals surface area contributed by atoms with E-state index in [0.717, 1.165) is 25.3 Å². The van der Waals surface area contributed by atoms with Gasteiger partial charge in [0.15, 0.2) is 0 Å². The topological polar surface area (TPSA) is 84.6 Å². The molecule has 2 aliphatic rings. The average molecular weight is 219 g/mol. The first-order chi connectivity index (χ1) is 7.80. The Labute approximate surface area is 95.5 Å². The van der Waals surface area contributed by atoms with E-state index in [9.17, 15) is 5.26 Å². The zero-order chi connectivity index (χ0) is 11.4. The second-order valence-electron chi connectivity index (χ2n) is 4.90. The highest BCUT2D eigenvalue weighted by Crippen LogP contribution is 2.50. The largest absolute Gasteiger partial charge is 0.299 e. The summed E-state index contributed by atoms with van der Waals surface area (Å²) in [4.78, 5) is 2.71. The molecular weight excluding hydrogens is 202 g/mol. The van der Waals surface area contributed by atoms with Gasteiger partial charge in [0, 0.05) is 11.5 Å². The highest BCUT2D eigenvalue weighted by Gasteiger charge is 2.50. The van der Waals surface area contributed by atoms with Crippen LogP contribution in [0.25, 0.3) is 10.4 Å². The molecule has 0 amide bonds. The van der Waals surface area contributed by atoms with E-state index in [0.29, 0.717) is 12.5 Å². The zero-order valence-electron chi connectivity index (χ0n) is 9.39. The van der Waals surface area contributed by atoms with Crippen molar-refractivity contribution in [3.05, 3.63) is 10.4 Å². The molecule has 2 aliphatic carbocycles. The summed E-state index contributed by atoms with van der Waals surface area (Å²) in [5.74, 6) is 1.30. The number of hydrogen-bond acceptors (Lipinski definition) is 3. The molecule has 2 rings (SSSR count). The molecule has 3 atom stereocenters. The number of nitriles is 1. The second kappa shape index (κ2) is 4.73. The number of azide groups is 1. The lowest BCUT2D eigenvalue weighted by Gasteiger charge is -2.32. The van der Waals surface area contributed by atoms with Gasteiger partial charge >= 0.3 is 0 Å². The number of nitrogens with zero attached hydrogens (tertiary/aromatic N) is 4. The third kappa shape index (κ3) is 1.99. The van der Waals surface area contributed by atoms with Crippen LogP contribution in [0.3, 0.4) is 0 Å². The van der Waals surface area contributed by atoms with E-state index in [1.54, 1.807) is 0 Å². The Balaban J connectivity index is 1.82. The first-order valence-electron chi connectivity index (χ1n) is 5.98. The molecule has 0 heterocycles. The van der Waals surface area contributed by atoms with Crippen LogP contribution in [0.4, 0.5) is 0 Å². The Morgan fingerprint density at radius 2 is 2.44 bits per heavy atom. The minimum absolute atomic E-state index is 0.278. The standard InChI is InChI=1S/C11H17N5/c12-8-11(14-4-1-5-15-16-13)7-9-2-3-10(11)6-9/h9-10,14H,1-7H2. The van der Waals surface area contributed by atoms with Crippen LogP contribution in [-0.2, 0) is 0 Å². The summed E-state index contributed by atoms with van der Waals surface area (Å²) in [5, 5.41) is 16.2. The number of hydrogen-bond donors (Lipinski definition) is 1. The summed E-state index contributed by atoms with van der Waals surface area (Å²) < 4.78 is 0. The van der Waals surface area contributed by atoms with Crippen LogP contribution in [0.15, 0.2) is 5.11 Å². The van der Waals surface area contributed by atoms with Crippen molar-refractivity contribution in [2.75, 3.05) is 13.1 Å². The van der Waals surface area contributed by atoms with Crippen molar-refractivity contribution in [3.8, 4) is 6.07 Å². The molecule has 0 spiro atoms. The second-order valence-corrected chi connectivity index (χ2v) is 4.90. The number of nitrogens with one attached hydrogen (secondary N) is 1. The van der Waals surface area contributed by atoms with Crippen LogP contribution < -0.4 is 5.32 Å². The van der Waals surface area contributed by atoms with Gasteiger partial charge in [0.05, 0.1) is 6.07 Å². The van der Waals surface area contributed by atoms with E-state index in [4.69, 9.17) is 5.53 Å². The fourth-order valence-corrected chi connectivity index (χ4v) is 3.23. The molecule has 16 heavy (non-hydrogen) atoms. The Hall–Kier alpha value is -1.24. The molecular formula is C11H17N5. The summed E-state index contributed by atoms with van der Waals surface area (Å²) in [6.45, 7) is 1.29. The predicted octanol–water partition coefficient (Wildman–Crippen LogP) is 2.36. The molecule has 1 N–H and O–H groups in total. The van der Waals surface area contributed by atoms with E-state index >= 15 is 0 Å². The van der Waals surface area contributed by atoms with Gasteiger partial charge < -0.3 is 0 Å². The van der Waals surface area contributed by atoms with Crippen molar-refractivity contribution in [1.82, 2.24) is 5.32 Å². The molecule has 2 saturated carbocycles. The summed E-state index contributed by atoms with van der Waals surface area (Å²) in [7, 11) is 0. The van der Waals surface area contributed by atoms with Crippen molar-refractivity contribution in [2.45, 2.75) is 37.6 Å². The lowest BCUT2D eigenvalue weighted by molar-refractivity contribution is 0.275. The quantitative estimate of drug-likeness (QED) is 0.333. The Kier molecular flexibility index (Phi) is 3.33. The Bertz CT molecular complexity index is 341. The third-order valence-corrected chi connectivity index (χ3v) is 3.99. The van der Waals surface area contributed by atoms with Gasteiger partial charge in [-0.3, -0.25) is 5.32 Å². The molecule has 2 bridgehead atoms. The van der Waals surface area contributed by atoms with E-state index in [2.05, 4.69) is 21.4 Å². The molecule has 0 aromatic heterocycles. The average Bonchev–Trinajstić information content (AvgIpc) is 2.89. The molecule has 0 saturated heterocycles. The maximum Gasteiger partial charge on any atom is 0.109 e. The van der Waals surface area contributed by atoms with Crippen molar-refractivity contribution < 1.29 is 0 Å². The van der Waals surface area contributed by atoms with Crippen LogP contribution in [0.1, 0.15) is 32.1 Å². The van der Waals surface area contributed by atoms with Crippen LogP contribution in [0, 0.1) is 23.2 Å².